The zero-order valence-electron chi connectivity index (χ0n) is 13.8. The van der Waals surface area contributed by atoms with Crippen molar-refractivity contribution in [1.29, 1.82) is 0 Å². The van der Waals surface area contributed by atoms with Gasteiger partial charge in [0, 0.05) is 0 Å². The highest BCUT2D eigenvalue weighted by molar-refractivity contribution is 5.84. The second kappa shape index (κ2) is 8.06. The number of ether oxygens (including phenoxy) is 1. The van der Waals surface area contributed by atoms with Crippen LogP contribution >= 0.6 is 0 Å². The van der Waals surface area contributed by atoms with Crippen LogP contribution in [0.25, 0.3) is 0 Å². The van der Waals surface area contributed by atoms with E-state index in [0.29, 0.717) is 11.5 Å². The number of amides is 1. The molecule has 0 atom stereocenters. The Morgan fingerprint density at radius 2 is 1.73 bits per heavy atom. The number of carbonyl (C=O) groups excluding carboxylic acids is 1. The highest BCUT2D eigenvalue weighted by Crippen LogP contribution is 2.15. The summed E-state index contributed by atoms with van der Waals surface area (Å²) in [6, 6.07) is 15.6. The number of carbonyl (C=O) groups is 2. The second-order valence-corrected chi connectivity index (χ2v) is 5.55. The van der Waals surface area contributed by atoms with Crippen molar-refractivity contribution in [2.24, 2.45) is 0 Å². The molecule has 0 fully saturated rings. The van der Waals surface area contributed by atoms with Gasteiger partial charge in [0.15, 0.2) is 0 Å². The molecule has 1 amide bonds. The summed E-state index contributed by atoms with van der Waals surface area (Å²) >= 11 is 0. The van der Waals surface area contributed by atoms with Gasteiger partial charge in [-0.2, -0.15) is 0 Å². The molecule has 2 aromatic heterocycles. The normalized spacial score (nSPS) is 10.5. The fourth-order valence-corrected chi connectivity index (χ4v) is 2.35. The van der Waals surface area contributed by atoms with Crippen molar-refractivity contribution in [3.63, 3.8) is 0 Å². The van der Waals surface area contributed by atoms with Gasteiger partial charge in [0.2, 0.25) is 5.76 Å². The summed E-state index contributed by atoms with van der Waals surface area (Å²) in [5, 5.41) is 8.95. The molecular formula is C19H17NO6. The SMILES string of the molecule is O=C(O)c1ccc(CN(Cc2ccco2)C(=O)OCc2ccccc2)o1. The van der Waals surface area contributed by atoms with Crippen molar-refractivity contribution >= 4 is 12.1 Å². The highest BCUT2D eigenvalue weighted by Gasteiger charge is 2.20. The fourth-order valence-electron chi connectivity index (χ4n) is 2.35. The maximum Gasteiger partial charge on any atom is 0.410 e. The molecule has 0 spiro atoms. The van der Waals surface area contributed by atoms with Gasteiger partial charge in [-0.15, -0.1) is 0 Å². The highest BCUT2D eigenvalue weighted by atomic mass is 16.6. The zero-order valence-corrected chi connectivity index (χ0v) is 13.8. The molecule has 3 aromatic rings. The molecule has 0 bridgehead atoms. The van der Waals surface area contributed by atoms with E-state index in [0.717, 1.165) is 5.56 Å². The van der Waals surface area contributed by atoms with Crippen molar-refractivity contribution in [3.05, 3.63) is 83.7 Å². The van der Waals surface area contributed by atoms with Crippen LogP contribution in [0, 0.1) is 0 Å². The Hall–Kier alpha value is -3.48. The number of rotatable bonds is 7. The number of hydrogen-bond acceptors (Lipinski definition) is 5. The Morgan fingerprint density at radius 1 is 0.962 bits per heavy atom. The summed E-state index contributed by atoms with van der Waals surface area (Å²) in [4.78, 5) is 24.8. The number of carboxylic acids is 1. The average molecular weight is 355 g/mol. The number of aromatic carboxylic acids is 1. The first-order valence-electron chi connectivity index (χ1n) is 7.92. The summed E-state index contributed by atoms with van der Waals surface area (Å²) in [6.07, 6.45) is 0.955. The third-order valence-corrected chi connectivity index (χ3v) is 3.61. The van der Waals surface area contributed by atoms with E-state index in [2.05, 4.69) is 0 Å². The Balaban J connectivity index is 1.69. The van der Waals surface area contributed by atoms with Gasteiger partial charge < -0.3 is 18.7 Å². The van der Waals surface area contributed by atoms with Gasteiger partial charge >= 0.3 is 12.1 Å². The van der Waals surface area contributed by atoms with E-state index in [1.807, 2.05) is 30.3 Å². The molecule has 0 unspecified atom stereocenters. The molecule has 0 aliphatic rings. The summed E-state index contributed by atoms with van der Waals surface area (Å²) in [6.45, 7) is 0.359. The van der Waals surface area contributed by atoms with Gasteiger partial charge in [0.05, 0.1) is 19.4 Å². The molecule has 7 heteroatoms. The Kier molecular flexibility index (Phi) is 5.38. The molecule has 134 valence electrons. The average Bonchev–Trinajstić information content (AvgIpc) is 3.32. The lowest BCUT2D eigenvalue weighted by atomic mass is 10.2. The topological polar surface area (TPSA) is 93.1 Å². The number of hydrogen-bond donors (Lipinski definition) is 1. The quantitative estimate of drug-likeness (QED) is 0.691. The van der Waals surface area contributed by atoms with Crippen LogP contribution in [0.5, 0.6) is 0 Å². The third-order valence-electron chi connectivity index (χ3n) is 3.61. The number of nitrogens with zero attached hydrogens (tertiary/aromatic N) is 1. The smallest absolute Gasteiger partial charge is 0.410 e. The van der Waals surface area contributed by atoms with Gasteiger partial charge in [0.25, 0.3) is 0 Å². The first-order chi connectivity index (χ1) is 12.6. The number of carboxylic acid groups (broad SMARTS) is 1. The van der Waals surface area contributed by atoms with Crippen molar-refractivity contribution in [2.45, 2.75) is 19.7 Å². The minimum atomic E-state index is -1.17. The minimum Gasteiger partial charge on any atom is -0.475 e. The van der Waals surface area contributed by atoms with Crippen molar-refractivity contribution in [1.82, 2.24) is 4.90 Å². The summed E-state index contributed by atoms with van der Waals surface area (Å²) in [5.74, 6) is -0.437. The molecule has 1 aromatic carbocycles. The van der Waals surface area contributed by atoms with Gasteiger partial charge in [-0.25, -0.2) is 9.59 Å². The molecule has 1 N–H and O–H groups in total. The largest absolute Gasteiger partial charge is 0.475 e. The Bertz CT molecular complexity index is 853. The molecule has 0 aliphatic heterocycles. The summed E-state index contributed by atoms with van der Waals surface area (Å²) in [7, 11) is 0. The van der Waals surface area contributed by atoms with E-state index in [4.69, 9.17) is 18.7 Å². The van der Waals surface area contributed by atoms with Crippen LogP contribution in [-0.2, 0) is 24.4 Å². The lowest BCUT2D eigenvalue weighted by molar-refractivity contribution is 0.0656. The van der Waals surface area contributed by atoms with Crippen LogP contribution in [-0.4, -0.2) is 22.1 Å². The van der Waals surface area contributed by atoms with Gasteiger partial charge in [0.1, 0.15) is 18.1 Å². The summed E-state index contributed by atoms with van der Waals surface area (Å²) < 4.78 is 15.9. The molecule has 0 saturated carbocycles. The maximum atomic E-state index is 12.5. The summed E-state index contributed by atoms with van der Waals surface area (Å²) in [5.41, 5.74) is 0.866. The third kappa shape index (κ3) is 4.54. The van der Waals surface area contributed by atoms with E-state index in [9.17, 15) is 9.59 Å². The van der Waals surface area contributed by atoms with E-state index >= 15 is 0 Å². The predicted octanol–water partition coefficient (Wildman–Crippen LogP) is 3.91. The molecule has 7 nitrogen and oxygen atoms in total. The number of benzene rings is 1. The van der Waals surface area contributed by atoms with Crippen LogP contribution in [0.3, 0.4) is 0 Å². The van der Waals surface area contributed by atoms with Gasteiger partial charge in [-0.3, -0.25) is 4.90 Å². The van der Waals surface area contributed by atoms with E-state index in [-0.39, 0.29) is 25.5 Å². The van der Waals surface area contributed by atoms with Crippen LogP contribution in [0.4, 0.5) is 4.79 Å². The van der Waals surface area contributed by atoms with Gasteiger partial charge in [-0.1, -0.05) is 30.3 Å². The molecule has 3 rings (SSSR count). The van der Waals surface area contributed by atoms with Crippen molar-refractivity contribution < 1.29 is 28.3 Å². The van der Waals surface area contributed by atoms with Crippen molar-refractivity contribution in [2.75, 3.05) is 0 Å². The second-order valence-electron chi connectivity index (χ2n) is 5.55. The lowest BCUT2D eigenvalue weighted by Gasteiger charge is -2.20. The first kappa shape index (κ1) is 17.3. The number of furan rings is 2. The zero-order chi connectivity index (χ0) is 18.4. The maximum absolute atomic E-state index is 12.5. The van der Waals surface area contributed by atoms with E-state index in [1.165, 1.54) is 23.3 Å². The van der Waals surface area contributed by atoms with Crippen LogP contribution in [0.2, 0.25) is 0 Å². The molecule has 0 radical (unpaired) electrons. The van der Waals surface area contributed by atoms with E-state index < -0.39 is 12.1 Å². The lowest BCUT2D eigenvalue weighted by Crippen LogP contribution is -2.30. The van der Waals surface area contributed by atoms with Crippen LogP contribution in [0.1, 0.15) is 27.6 Å². The Labute approximate surface area is 149 Å². The molecule has 0 saturated heterocycles. The first-order valence-corrected chi connectivity index (χ1v) is 7.92. The Morgan fingerprint density at radius 3 is 2.38 bits per heavy atom. The minimum absolute atomic E-state index is 0.0571. The van der Waals surface area contributed by atoms with Gasteiger partial charge in [-0.05, 0) is 29.8 Å². The molecule has 0 aliphatic carbocycles. The fraction of sp³-hybridized carbons (Fsp3) is 0.158. The van der Waals surface area contributed by atoms with E-state index in [1.54, 1.807) is 12.1 Å². The molecule has 26 heavy (non-hydrogen) atoms. The predicted molar refractivity (Wildman–Crippen MR) is 90.2 cm³/mol. The monoisotopic (exact) mass is 355 g/mol. The molecule has 2 heterocycles. The standard InChI is InChI=1S/C19H17NO6/c21-18(22)17-9-8-16(26-17)12-20(11-15-7-4-10-24-15)19(23)25-13-14-5-2-1-3-6-14/h1-10H,11-13H2,(H,21,22). The molecular weight excluding hydrogens is 338 g/mol. The van der Waals surface area contributed by atoms with Crippen LogP contribution in [0.15, 0.2) is 69.7 Å². The van der Waals surface area contributed by atoms with Crippen molar-refractivity contribution in [3.8, 4) is 0 Å². The van der Waals surface area contributed by atoms with Crippen LogP contribution < -0.4 is 0 Å².